The van der Waals surface area contributed by atoms with E-state index in [1.54, 1.807) is 0 Å². The first kappa shape index (κ1) is 7.80. The van der Waals surface area contributed by atoms with E-state index in [1.807, 2.05) is 0 Å². The van der Waals surface area contributed by atoms with E-state index in [2.05, 4.69) is 13.5 Å². The second-order valence-corrected chi connectivity index (χ2v) is 3.23. The maximum atomic E-state index is 9.29. The third kappa shape index (κ3) is 1.60. The fourth-order valence-corrected chi connectivity index (χ4v) is 1.56. The maximum absolute atomic E-state index is 9.29. The summed E-state index contributed by atoms with van der Waals surface area (Å²) in [5.74, 6) is 0.788. The van der Waals surface area contributed by atoms with Gasteiger partial charge in [-0.15, -0.1) is 0 Å². The second kappa shape index (κ2) is 3.20. The van der Waals surface area contributed by atoms with Crippen LogP contribution in [-0.4, -0.2) is 11.2 Å². The Morgan fingerprint density at radius 3 is 2.80 bits per heavy atom. The van der Waals surface area contributed by atoms with E-state index in [9.17, 15) is 5.11 Å². The van der Waals surface area contributed by atoms with Crippen molar-refractivity contribution in [3.8, 4) is 0 Å². The second-order valence-electron chi connectivity index (χ2n) is 3.23. The van der Waals surface area contributed by atoms with E-state index in [4.69, 9.17) is 0 Å². The van der Waals surface area contributed by atoms with Crippen LogP contribution in [0.15, 0.2) is 12.2 Å². The number of aliphatic hydroxyl groups excluding tert-OH is 1. The Morgan fingerprint density at radius 1 is 1.60 bits per heavy atom. The van der Waals surface area contributed by atoms with Gasteiger partial charge in [0.05, 0.1) is 6.10 Å². The van der Waals surface area contributed by atoms with Crippen LogP contribution in [0.2, 0.25) is 0 Å². The molecule has 1 fully saturated rings. The standard InChI is InChI=1S/C9H16O/c1-3-8-4-5-9(10)7(2)6-8/h8-10H,2-6H2,1H3. The summed E-state index contributed by atoms with van der Waals surface area (Å²) in [4.78, 5) is 0. The van der Waals surface area contributed by atoms with Crippen LogP contribution in [0.5, 0.6) is 0 Å². The molecular formula is C9H16O. The van der Waals surface area contributed by atoms with Crippen LogP contribution in [0, 0.1) is 5.92 Å². The van der Waals surface area contributed by atoms with Crippen molar-refractivity contribution >= 4 is 0 Å². The summed E-state index contributed by atoms with van der Waals surface area (Å²) in [7, 11) is 0. The van der Waals surface area contributed by atoms with Gasteiger partial charge in [0.2, 0.25) is 0 Å². The predicted molar refractivity (Wildman–Crippen MR) is 42.8 cm³/mol. The average molecular weight is 140 g/mol. The van der Waals surface area contributed by atoms with Gasteiger partial charge in [-0.25, -0.2) is 0 Å². The van der Waals surface area contributed by atoms with Crippen LogP contribution in [0.4, 0.5) is 0 Å². The number of hydrogen-bond acceptors (Lipinski definition) is 1. The van der Waals surface area contributed by atoms with Crippen molar-refractivity contribution in [1.29, 1.82) is 0 Å². The summed E-state index contributed by atoms with van der Waals surface area (Å²) >= 11 is 0. The molecule has 1 aliphatic carbocycles. The Kier molecular flexibility index (Phi) is 2.50. The molecule has 0 heterocycles. The molecule has 0 aromatic heterocycles. The molecule has 0 saturated heterocycles. The molecule has 0 aliphatic heterocycles. The molecule has 0 amide bonds. The number of aliphatic hydroxyl groups is 1. The van der Waals surface area contributed by atoms with Crippen molar-refractivity contribution in [3.63, 3.8) is 0 Å². The summed E-state index contributed by atoms with van der Waals surface area (Å²) in [6.45, 7) is 6.05. The lowest BCUT2D eigenvalue weighted by molar-refractivity contribution is 0.159. The molecule has 2 atom stereocenters. The van der Waals surface area contributed by atoms with Crippen molar-refractivity contribution < 1.29 is 5.11 Å². The largest absolute Gasteiger partial charge is 0.389 e. The lowest BCUT2D eigenvalue weighted by atomic mass is 9.83. The van der Waals surface area contributed by atoms with Crippen molar-refractivity contribution in [1.82, 2.24) is 0 Å². The minimum Gasteiger partial charge on any atom is -0.389 e. The molecule has 1 rings (SSSR count). The zero-order valence-corrected chi connectivity index (χ0v) is 6.64. The minimum atomic E-state index is -0.206. The van der Waals surface area contributed by atoms with Gasteiger partial charge in [0, 0.05) is 0 Å². The topological polar surface area (TPSA) is 20.2 Å². The molecule has 58 valence electrons. The summed E-state index contributed by atoms with van der Waals surface area (Å²) in [6.07, 6.45) is 4.17. The van der Waals surface area contributed by atoms with Crippen LogP contribution in [-0.2, 0) is 0 Å². The molecule has 1 heteroatoms. The fourth-order valence-electron chi connectivity index (χ4n) is 1.56. The summed E-state index contributed by atoms with van der Waals surface area (Å²) in [5.41, 5.74) is 1.04. The van der Waals surface area contributed by atoms with Gasteiger partial charge in [-0.3, -0.25) is 0 Å². The van der Waals surface area contributed by atoms with E-state index in [1.165, 1.54) is 12.8 Å². The van der Waals surface area contributed by atoms with Crippen LogP contribution in [0.1, 0.15) is 32.6 Å². The maximum Gasteiger partial charge on any atom is 0.0747 e. The molecular weight excluding hydrogens is 124 g/mol. The first-order valence-electron chi connectivity index (χ1n) is 4.09. The Labute approximate surface area is 62.8 Å². The molecule has 1 saturated carbocycles. The predicted octanol–water partition coefficient (Wildman–Crippen LogP) is 2.11. The van der Waals surface area contributed by atoms with Gasteiger partial charge in [0.15, 0.2) is 0 Å². The van der Waals surface area contributed by atoms with E-state index >= 15 is 0 Å². The van der Waals surface area contributed by atoms with Gasteiger partial charge in [-0.1, -0.05) is 19.9 Å². The Balaban J connectivity index is 2.41. The highest BCUT2D eigenvalue weighted by Gasteiger charge is 2.20. The monoisotopic (exact) mass is 140 g/mol. The first-order valence-corrected chi connectivity index (χ1v) is 4.09. The van der Waals surface area contributed by atoms with Gasteiger partial charge in [0.1, 0.15) is 0 Å². The Hall–Kier alpha value is -0.300. The van der Waals surface area contributed by atoms with E-state index in [0.29, 0.717) is 0 Å². The normalized spacial score (nSPS) is 34.4. The van der Waals surface area contributed by atoms with E-state index in [-0.39, 0.29) is 6.10 Å². The lowest BCUT2D eigenvalue weighted by Crippen LogP contribution is -2.20. The van der Waals surface area contributed by atoms with Crippen LogP contribution in [0.25, 0.3) is 0 Å². The van der Waals surface area contributed by atoms with Crippen molar-refractivity contribution in [3.05, 3.63) is 12.2 Å². The highest BCUT2D eigenvalue weighted by atomic mass is 16.3. The zero-order valence-electron chi connectivity index (χ0n) is 6.64. The smallest absolute Gasteiger partial charge is 0.0747 e. The molecule has 1 N–H and O–H groups in total. The van der Waals surface area contributed by atoms with Crippen molar-refractivity contribution in [2.24, 2.45) is 5.92 Å². The SMILES string of the molecule is C=C1CC(CC)CCC1O. The fraction of sp³-hybridized carbons (Fsp3) is 0.778. The highest BCUT2D eigenvalue weighted by molar-refractivity contribution is 5.05. The molecule has 0 bridgehead atoms. The van der Waals surface area contributed by atoms with E-state index in [0.717, 1.165) is 24.3 Å². The summed E-state index contributed by atoms with van der Waals surface area (Å²) in [6, 6.07) is 0. The van der Waals surface area contributed by atoms with Gasteiger partial charge in [-0.05, 0) is 30.8 Å². The van der Waals surface area contributed by atoms with Gasteiger partial charge in [0.25, 0.3) is 0 Å². The molecule has 0 spiro atoms. The molecule has 0 aromatic carbocycles. The quantitative estimate of drug-likeness (QED) is 0.553. The molecule has 0 aromatic rings. The van der Waals surface area contributed by atoms with Crippen molar-refractivity contribution in [2.75, 3.05) is 0 Å². The molecule has 1 nitrogen and oxygen atoms in total. The average Bonchev–Trinajstić information content (AvgIpc) is 1.95. The Bertz CT molecular complexity index is 129. The summed E-state index contributed by atoms with van der Waals surface area (Å²) in [5, 5.41) is 9.29. The first-order chi connectivity index (χ1) is 4.74. The van der Waals surface area contributed by atoms with Crippen molar-refractivity contribution in [2.45, 2.75) is 38.7 Å². The van der Waals surface area contributed by atoms with Gasteiger partial charge >= 0.3 is 0 Å². The van der Waals surface area contributed by atoms with E-state index < -0.39 is 0 Å². The van der Waals surface area contributed by atoms with Crippen LogP contribution >= 0.6 is 0 Å². The number of hydrogen-bond donors (Lipinski definition) is 1. The van der Waals surface area contributed by atoms with Crippen LogP contribution < -0.4 is 0 Å². The molecule has 1 aliphatic rings. The zero-order chi connectivity index (χ0) is 7.56. The summed E-state index contributed by atoms with van der Waals surface area (Å²) < 4.78 is 0. The third-order valence-corrected chi connectivity index (χ3v) is 2.45. The Morgan fingerprint density at radius 2 is 2.30 bits per heavy atom. The number of rotatable bonds is 1. The lowest BCUT2D eigenvalue weighted by Gasteiger charge is -2.26. The third-order valence-electron chi connectivity index (χ3n) is 2.45. The minimum absolute atomic E-state index is 0.206. The molecule has 10 heavy (non-hydrogen) atoms. The van der Waals surface area contributed by atoms with Gasteiger partial charge < -0.3 is 5.11 Å². The molecule has 2 unspecified atom stereocenters. The van der Waals surface area contributed by atoms with Gasteiger partial charge in [-0.2, -0.15) is 0 Å². The van der Waals surface area contributed by atoms with Crippen LogP contribution in [0.3, 0.4) is 0 Å². The highest BCUT2D eigenvalue weighted by Crippen LogP contribution is 2.29. The molecule has 0 radical (unpaired) electrons.